The average Bonchev–Trinajstić information content (AvgIpc) is 2.80. The van der Waals surface area contributed by atoms with E-state index < -0.39 is 0 Å². The maximum absolute atomic E-state index is 8.99. The van der Waals surface area contributed by atoms with E-state index in [0.29, 0.717) is 4.88 Å². The van der Waals surface area contributed by atoms with Gasteiger partial charge in [0.2, 0.25) is 0 Å². The molecule has 0 bridgehead atoms. The highest BCUT2D eigenvalue weighted by Gasteiger charge is 2.14. The molecule has 1 aromatic carbocycles. The van der Waals surface area contributed by atoms with Gasteiger partial charge in [0.15, 0.2) is 5.82 Å². The zero-order valence-electron chi connectivity index (χ0n) is 8.92. The molecule has 0 aliphatic heterocycles. The molecule has 0 N–H and O–H groups in total. The smallest absolute Gasteiger partial charge is 0.162 e. The highest BCUT2D eigenvalue weighted by Crippen LogP contribution is 2.28. The van der Waals surface area contributed by atoms with Crippen LogP contribution in [-0.4, -0.2) is 11.5 Å². The summed E-state index contributed by atoms with van der Waals surface area (Å²) in [4.78, 5) is 6.95. The van der Waals surface area contributed by atoms with Crippen LogP contribution in [0.15, 0.2) is 35.8 Å². The van der Waals surface area contributed by atoms with Gasteiger partial charge in [0.05, 0.1) is 5.51 Å². The molecular formula is C12H11N3S. The summed E-state index contributed by atoms with van der Waals surface area (Å²) in [6.45, 7) is 2.84. The normalized spacial score (nSPS) is 9.75. The summed E-state index contributed by atoms with van der Waals surface area (Å²) >= 11 is 1.37. The van der Waals surface area contributed by atoms with Crippen LogP contribution in [0, 0.1) is 11.3 Å². The Labute approximate surface area is 98.6 Å². The van der Waals surface area contributed by atoms with Gasteiger partial charge in [0, 0.05) is 12.2 Å². The van der Waals surface area contributed by atoms with E-state index in [1.54, 1.807) is 5.51 Å². The molecule has 0 spiro atoms. The molecule has 2 aromatic rings. The van der Waals surface area contributed by atoms with Gasteiger partial charge < -0.3 is 4.90 Å². The second-order valence-electron chi connectivity index (χ2n) is 3.20. The number of aromatic nitrogens is 1. The number of nitriles is 1. The maximum atomic E-state index is 8.99. The number of nitrogens with zero attached hydrogens (tertiary/aromatic N) is 3. The zero-order valence-corrected chi connectivity index (χ0v) is 9.74. The number of para-hydroxylation sites is 1. The van der Waals surface area contributed by atoms with Crippen molar-refractivity contribution in [1.29, 1.82) is 5.26 Å². The molecule has 4 heteroatoms. The van der Waals surface area contributed by atoms with Crippen molar-refractivity contribution in [3.63, 3.8) is 0 Å². The first-order valence-electron chi connectivity index (χ1n) is 5.03. The third-order valence-electron chi connectivity index (χ3n) is 2.29. The van der Waals surface area contributed by atoms with Crippen molar-refractivity contribution in [3.05, 3.63) is 40.7 Å². The predicted octanol–water partition coefficient (Wildman–Crippen LogP) is 3.17. The molecule has 0 amide bonds. The van der Waals surface area contributed by atoms with Crippen LogP contribution in [0.4, 0.5) is 11.5 Å². The number of thiazole rings is 1. The van der Waals surface area contributed by atoms with Crippen LogP contribution >= 0.6 is 11.3 Å². The molecule has 0 saturated heterocycles. The number of anilines is 2. The lowest BCUT2D eigenvalue weighted by Crippen LogP contribution is -2.17. The monoisotopic (exact) mass is 229 g/mol. The fraction of sp³-hybridized carbons (Fsp3) is 0.167. The fourth-order valence-corrected chi connectivity index (χ4v) is 2.15. The van der Waals surface area contributed by atoms with E-state index in [0.717, 1.165) is 18.1 Å². The van der Waals surface area contributed by atoms with E-state index in [1.165, 1.54) is 11.3 Å². The van der Waals surface area contributed by atoms with Gasteiger partial charge in [-0.05, 0) is 19.1 Å². The highest BCUT2D eigenvalue weighted by atomic mass is 32.1. The highest BCUT2D eigenvalue weighted by molar-refractivity contribution is 7.10. The number of rotatable bonds is 3. The van der Waals surface area contributed by atoms with Crippen molar-refractivity contribution in [2.45, 2.75) is 6.92 Å². The van der Waals surface area contributed by atoms with Crippen LogP contribution in [0.2, 0.25) is 0 Å². The summed E-state index contributed by atoms with van der Waals surface area (Å²) in [6, 6.07) is 12.2. The molecule has 0 saturated carbocycles. The summed E-state index contributed by atoms with van der Waals surface area (Å²) in [5.74, 6) is 0.751. The van der Waals surface area contributed by atoms with E-state index in [4.69, 9.17) is 5.26 Å². The molecule has 0 aliphatic rings. The first kappa shape index (κ1) is 10.7. The lowest BCUT2D eigenvalue weighted by Gasteiger charge is -2.20. The Morgan fingerprint density at radius 1 is 1.38 bits per heavy atom. The summed E-state index contributed by atoms with van der Waals surface area (Å²) in [5, 5.41) is 8.99. The largest absolute Gasteiger partial charge is 0.325 e. The maximum Gasteiger partial charge on any atom is 0.162 e. The molecule has 0 radical (unpaired) electrons. The molecule has 0 fully saturated rings. The minimum atomic E-state index is 0.658. The van der Waals surface area contributed by atoms with Crippen LogP contribution in [0.25, 0.3) is 0 Å². The Morgan fingerprint density at radius 3 is 2.75 bits per heavy atom. The molecule has 1 heterocycles. The third-order valence-corrected chi connectivity index (χ3v) is 3.01. The summed E-state index contributed by atoms with van der Waals surface area (Å²) in [5.41, 5.74) is 2.77. The van der Waals surface area contributed by atoms with Crippen molar-refractivity contribution in [2.24, 2.45) is 0 Å². The van der Waals surface area contributed by atoms with Gasteiger partial charge in [-0.2, -0.15) is 5.26 Å². The molecular weight excluding hydrogens is 218 g/mol. The zero-order chi connectivity index (χ0) is 11.4. The van der Waals surface area contributed by atoms with Gasteiger partial charge in [0.25, 0.3) is 0 Å². The van der Waals surface area contributed by atoms with Crippen molar-refractivity contribution in [3.8, 4) is 6.07 Å². The predicted molar refractivity (Wildman–Crippen MR) is 66.0 cm³/mol. The molecule has 80 valence electrons. The summed E-state index contributed by atoms with van der Waals surface area (Å²) in [6.07, 6.45) is 0. The molecule has 0 aliphatic carbocycles. The first-order valence-corrected chi connectivity index (χ1v) is 5.91. The number of hydrogen-bond acceptors (Lipinski definition) is 4. The summed E-state index contributed by atoms with van der Waals surface area (Å²) < 4.78 is 0. The lowest BCUT2D eigenvalue weighted by atomic mass is 10.3. The SMILES string of the molecule is CCN(c1ccccc1)c1ncsc1C#N. The van der Waals surface area contributed by atoms with Crippen LogP contribution in [-0.2, 0) is 0 Å². The minimum Gasteiger partial charge on any atom is -0.325 e. The van der Waals surface area contributed by atoms with Gasteiger partial charge in [-0.1, -0.05) is 18.2 Å². The van der Waals surface area contributed by atoms with E-state index in [1.807, 2.05) is 42.2 Å². The van der Waals surface area contributed by atoms with Gasteiger partial charge in [-0.15, -0.1) is 11.3 Å². The van der Waals surface area contributed by atoms with Gasteiger partial charge in [-0.25, -0.2) is 4.98 Å². The molecule has 2 rings (SSSR count). The Hall–Kier alpha value is -1.86. The van der Waals surface area contributed by atoms with Crippen molar-refractivity contribution in [2.75, 3.05) is 11.4 Å². The van der Waals surface area contributed by atoms with Crippen LogP contribution in [0.5, 0.6) is 0 Å². The van der Waals surface area contributed by atoms with Crippen LogP contribution < -0.4 is 4.90 Å². The van der Waals surface area contributed by atoms with Crippen LogP contribution in [0.1, 0.15) is 11.8 Å². The quantitative estimate of drug-likeness (QED) is 0.811. The van der Waals surface area contributed by atoms with E-state index in [9.17, 15) is 0 Å². The van der Waals surface area contributed by atoms with E-state index in [2.05, 4.69) is 11.1 Å². The Balaban J connectivity index is 2.42. The van der Waals surface area contributed by atoms with E-state index >= 15 is 0 Å². The van der Waals surface area contributed by atoms with Crippen molar-refractivity contribution >= 4 is 22.8 Å². The van der Waals surface area contributed by atoms with Gasteiger partial charge >= 0.3 is 0 Å². The Morgan fingerprint density at radius 2 is 2.12 bits per heavy atom. The second kappa shape index (κ2) is 4.77. The Kier molecular flexibility index (Phi) is 3.18. The number of benzene rings is 1. The lowest BCUT2D eigenvalue weighted by molar-refractivity contribution is 0.997. The molecule has 0 atom stereocenters. The van der Waals surface area contributed by atoms with Crippen molar-refractivity contribution in [1.82, 2.24) is 4.98 Å². The average molecular weight is 229 g/mol. The van der Waals surface area contributed by atoms with Gasteiger partial charge in [-0.3, -0.25) is 0 Å². The van der Waals surface area contributed by atoms with E-state index in [-0.39, 0.29) is 0 Å². The Bertz CT molecular complexity index is 498. The molecule has 0 unspecified atom stereocenters. The minimum absolute atomic E-state index is 0.658. The van der Waals surface area contributed by atoms with Crippen LogP contribution in [0.3, 0.4) is 0 Å². The molecule has 1 aromatic heterocycles. The fourth-order valence-electron chi connectivity index (χ4n) is 1.57. The second-order valence-corrected chi connectivity index (χ2v) is 4.05. The molecule has 3 nitrogen and oxygen atoms in total. The first-order chi connectivity index (χ1) is 7.86. The standard InChI is InChI=1S/C12H11N3S/c1-2-15(10-6-4-3-5-7-10)12-11(8-13)16-9-14-12/h3-7,9H,2H2,1H3. The number of hydrogen-bond donors (Lipinski definition) is 0. The topological polar surface area (TPSA) is 39.9 Å². The molecule has 16 heavy (non-hydrogen) atoms. The van der Waals surface area contributed by atoms with Crippen molar-refractivity contribution < 1.29 is 0 Å². The third kappa shape index (κ3) is 1.90. The van der Waals surface area contributed by atoms with Gasteiger partial charge in [0.1, 0.15) is 10.9 Å². The summed E-state index contributed by atoms with van der Waals surface area (Å²) in [7, 11) is 0.